The number of carbonyl (C=O) groups is 1. The molecule has 0 aliphatic heterocycles. The van der Waals surface area contributed by atoms with Gasteiger partial charge in [0.1, 0.15) is 0 Å². The number of rotatable bonds is 52. The lowest BCUT2D eigenvalue weighted by molar-refractivity contribution is -0.123. The number of allylic oxidation sites excluding steroid dienone is 6. The molecule has 4 nitrogen and oxygen atoms in total. The van der Waals surface area contributed by atoms with Gasteiger partial charge in [0.05, 0.1) is 18.8 Å². The van der Waals surface area contributed by atoms with E-state index in [9.17, 15) is 15.0 Å². The number of nitrogens with one attached hydrogen (secondary N) is 1. The Morgan fingerprint density at radius 2 is 0.661 bits per heavy atom. The van der Waals surface area contributed by atoms with E-state index in [2.05, 4.69) is 55.6 Å². The molecule has 0 radical (unpaired) electrons. The van der Waals surface area contributed by atoms with Gasteiger partial charge in [-0.1, -0.05) is 288 Å². The van der Waals surface area contributed by atoms with Gasteiger partial charge in [-0.15, -0.1) is 0 Å². The molecule has 0 aliphatic carbocycles. The molecule has 3 N–H and O–H groups in total. The summed E-state index contributed by atoms with van der Waals surface area (Å²) in [6, 6.07) is -0.545. The van der Waals surface area contributed by atoms with Crippen LogP contribution in [0.15, 0.2) is 36.5 Å². The maximum absolute atomic E-state index is 12.5. The summed E-state index contributed by atoms with van der Waals surface area (Å²) in [5, 5.41) is 23.3. The Morgan fingerprint density at radius 1 is 0.387 bits per heavy atom. The minimum absolute atomic E-state index is 0.0401. The predicted octanol–water partition coefficient (Wildman–Crippen LogP) is 18.5. The van der Waals surface area contributed by atoms with E-state index in [4.69, 9.17) is 0 Å². The molecule has 62 heavy (non-hydrogen) atoms. The standard InChI is InChI=1S/C58H111NO3/c1-3-5-7-9-11-13-15-17-19-21-23-25-26-27-28-29-30-31-32-34-35-37-39-41-43-45-47-49-51-53-57(61)56(55-60)59-58(62)54-52-50-48-46-44-42-40-38-36-33-24-22-20-18-16-14-12-10-8-6-4-2/h16,18,22,24,36,38,56-57,60-61H,3-15,17,19-21,23,25-35,37,39-55H2,1-2H3,(H,59,62)/b18-16-,24-22-,38-36-. The third-order valence-corrected chi connectivity index (χ3v) is 13.2. The fourth-order valence-corrected chi connectivity index (χ4v) is 8.84. The van der Waals surface area contributed by atoms with Crippen molar-refractivity contribution >= 4 is 5.91 Å². The van der Waals surface area contributed by atoms with Crippen LogP contribution in [-0.4, -0.2) is 34.9 Å². The summed E-state index contributed by atoms with van der Waals surface area (Å²) in [6.45, 7) is 4.37. The summed E-state index contributed by atoms with van der Waals surface area (Å²) in [6.07, 6.45) is 72.7. The first-order valence-electron chi connectivity index (χ1n) is 28.2. The quantitative estimate of drug-likeness (QED) is 0.0421. The topological polar surface area (TPSA) is 69.6 Å². The highest BCUT2D eigenvalue weighted by atomic mass is 16.3. The molecule has 0 aliphatic rings. The molecule has 1 amide bonds. The van der Waals surface area contributed by atoms with Gasteiger partial charge in [0, 0.05) is 6.42 Å². The lowest BCUT2D eigenvalue weighted by Gasteiger charge is -2.22. The van der Waals surface area contributed by atoms with Gasteiger partial charge in [-0.05, 0) is 51.4 Å². The minimum atomic E-state index is -0.667. The first-order valence-corrected chi connectivity index (χ1v) is 28.2. The number of hydrogen-bond acceptors (Lipinski definition) is 3. The van der Waals surface area contributed by atoms with Crippen molar-refractivity contribution in [3.8, 4) is 0 Å². The van der Waals surface area contributed by atoms with E-state index < -0.39 is 12.1 Å². The van der Waals surface area contributed by atoms with Crippen LogP contribution in [-0.2, 0) is 4.79 Å². The zero-order chi connectivity index (χ0) is 44.9. The molecule has 366 valence electrons. The molecule has 0 bridgehead atoms. The predicted molar refractivity (Wildman–Crippen MR) is 276 cm³/mol. The van der Waals surface area contributed by atoms with Crippen molar-refractivity contribution in [3.63, 3.8) is 0 Å². The average molecular weight is 871 g/mol. The Kier molecular flexibility index (Phi) is 52.7. The fraction of sp³-hybridized carbons (Fsp3) is 0.879. The number of unbranched alkanes of at least 4 members (excludes halogenated alkanes) is 39. The van der Waals surface area contributed by atoms with E-state index in [1.807, 2.05) is 0 Å². The average Bonchev–Trinajstić information content (AvgIpc) is 3.28. The van der Waals surface area contributed by atoms with Crippen molar-refractivity contribution in [1.29, 1.82) is 0 Å². The molecule has 0 aromatic rings. The Labute approximate surface area is 389 Å². The maximum Gasteiger partial charge on any atom is 0.220 e. The second-order valence-corrected chi connectivity index (χ2v) is 19.4. The number of amides is 1. The van der Waals surface area contributed by atoms with Crippen LogP contribution in [0.4, 0.5) is 0 Å². The molecule has 0 aromatic carbocycles. The van der Waals surface area contributed by atoms with Crippen molar-refractivity contribution in [2.24, 2.45) is 0 Å². The second-order valence-electron chi connectivity index (χ2n) is 19.4. The fourth-order valence-electron chi connectivity index (χ4n) is 8.84. The summed E-state index contributed by atoms with van der Waals surface area (Å²) in [5.41, 5.74) is 0. The Hall–Kier alpha value is -1.39. The summed E-state index contributed by atoms with van der Waals surface area (Å²) in [4.78, 5) is 12.5. The molecule has 0 saturated carbocycles. The summed E-state index contributed by atoms with van der Waals surface area (Å²) < 4.78 is 0. The van der Waals surface area contributed by atoms with Crippen molar-refractivity contribution in [1.82, 2.24) is 5.32 Å². The maximum atomic E-state index is 12.5. The van der Waals surface area contributed by atoms with Gasteiger partial charge in [0.15, 0.2) is 0 Å². The normalized spacial score (nSPS) is 13.0. The van der Waals surface area contributed by atoms with Gasteiger partial charge < -0.3 is 15.5 Å². The molecule has 0 saturated heterocycles. The van der Waals surface area contributed by atoms with Crippen molar-refractivity contribution < 1.29 is 15.0 Å². The largest absolute Gasteiger partial charge is 0.394 e. The highest BCUT2D eigenvalue weighted by Crippen LogP contribution is 2.18. The van der Waals surface area contributed by atoms with Gasteiger partial charge in [-0.25, -0.2) is 0 Å². The van der Waals surface area contributed by atoms with Crippen molar-refractivity contribution in [3.05, 3.63) is 36.5 Å². The minimum Gasteiger partial charge on any atom is -0.394 e. The lowest BCUT2D eigenvalue weighted by atomic mass is 10.0. The number of carbonyl (C=O) groups excluding carboxylic acids is 1. The van der Waals surface area contributed by atoms with Crippen molar-refractivity contribution in [2.75, 3.05) is 6.61 Å². The van der Waals surface area contributed by atoms with E-state index in [-0.39, 0.29) is 12.5 Å². The van der Waals surface area contributed by atoms with E-state index in [0.717, 1.165) is 51.4 Å². The van der Waals surface area contributed by atoms with E-state index in [1.54, 1.807) is 0 Å². The summed E-state index contributed by atoms with van der Waals surface area (Å²) in [5.74, 6) is -0.0401. The second kappa shape index (κ2) is 53.9. The van der Waals surface area contributed by atoms with Gasteiger partial charge >= 0.3 is 0 Å². The molecular formula is C58H111NO3. The number of aliphatic hydroxyl groups is 2. The molecule has 2 unspecified atom stereocenters. The van der Waals surface area contributed by atoms with Crippen LogP contribution >= 0.6 is 0 Å². The Bertz CT molecular complexity index is 943. The zero-order valence-electron chi connectivity index (χ0n) is 42.2. The monoisotopic (exact) mass is 870 g/mol. The first-order chi connectivity index (χ1) is 30.7. The molecule has 0 spiro atoms. The van der Waals surface area contributed by atoms with Gasteiger partial charge in [-0.3, -0.25) is 4.79 Å². The van der Waals surface area contributed by atoms with E-state index in [0.29, 0.717) is 12.8 Å². The lowest BCUT2D eigenvalue weighted by Crippen LogP contribution is -2.45. The SMILES string of the molecule is CCCCCCC/C=C\C/C=C\C/C=C\CCCCCCCCC(=O)NC(CO)C(O)CCCCCCCCCCCCCCCCCCCCCCCCCCCCCCC. The van der Waals surface area contributed by atoms with Gasteiger partial charge in [-0.2, -0.15) is 0 Å². The zero-order valence-corrected chi connectivity index (χ0v) is 42.2. The summed E-state index contributed by atoms with van der Waals surface area (Å²) >= 11 is 0. The van der Waals surface area contributed by atoms with Crippen LogP contribution in [0, 0.1) is 0 Å². The first kappa shape index (κ1) is 60.6. The van der Waals surface area contributed by atoms with Crippen LogP contribution in [0.3, 0.4) is 0 Å². The summed E-state index contributed by atoms with van der Waals surface area (Å²) in [7, 11) is 0. The highest BCUT2D eigenvalue weighted by molar-refractivity contribution is 5.76. The molecule has 4 heteroatoms. The van der Waals surface area contributed by atoms with Crippen LogP contribution < -0.4 is 5.32 Å². The van der Waals surface area contributed by atoms with Crippen LogP contribution in [0.5, 0.6) is 0 Å². The van der Waals surface area contributed by atoms with Crippen LogP contribution in [0.1, 0.15) is 309 Å². The van der Waals surface area contributed by atoms with Crippen LogP contribution in [0.25, 0.3) is 0 Å². The smallest absolute Gasteiger partial charge is 0.220 e. The van der Waals surface area contributed by atoms with E-state index in [1.165, 1.54) is 231 Å². The van der Waals surface area contributed by atoms with E-state index >= 15 is 0 Å². The Morgan fingerprint density at radius 3 is 0.984 bits per heavy atom. The number of aliphatic hydroxyl groups excluding tert-OH is 2. The highest BCUT2D eigenvalue weighted by Gasteiger charge is 2.20. The Balaban J connectivity index is 3.46. The molecule has 0 aromatic heterocycles. The molecule has 0 heterocycles. The molecule has 0 rings (SSSR count). The third kappa shape index (κ3) is 49.6. The van der Waals surface area contributed by atoms with Gasteiger partial charge in [0.25, 0.3) is 0 Å². The molecular weight excluding hydrogens is 759 g/mol. The third-order valence-electron chi connectivity index (χ3n) is 13.2. The molecule has 0 fully saturated rings. The van der Waals surface area contributed by atoms with Crippen molar-refractivity contribution in [2.45, 2.75) is 321 Å². The van der Waals surface area contributed by atoms with Gasteiger partial charge in [0.2, 0.25) is 5.91 Å². The van der Waals surface area contributed by atoms with Crippen LogP contribution in [0.2, 0.25) is 0 Å². The molecule has 2 atom stereocenters. The number of hydrogen-bond donors (Lipinski definition) is 3.